The fourth-order valence-corrected chi connectivity index (χ4v) is 2.23. The first kappa shape index (κ1) is 15.7. The van der Waals surface area contributed by atoms with Gasteiger partial charge in [-0.05, 0) is 59.5 Å². The van der Waals surface area contributed by atoms with Gasteiger partial charge in [0.05, 0.1) is 0 Å². The van der Waals surface area contributed by atoms with Crippen molar-refractivity contribution in [1.29, 1.82) is 0 Å². The molecule has 0 atom stereocenters. The van der Waals surface area contributed by atoms with Gasteiger partial charge >= 0.3 is 0 Å². The third kappa shape index (κ3) is 7.17. The Morgan fingerprint density at radius 3 is 2.39 bits per heavy atom. The zero-order valence-corrected chi connectivity index (χ0v) is 12.7. The molecule has 1 aliphatic rings. The lowest BCUT2D eigenvalue weighted by Gasteiger charge is -2.34. The zero-order valence-electron chi connectivity index (χ0n) is 12.7. The Hall–Kier alpha value is -0.340. The van der Waals surface area contributed by atoms with Crippen LogP contribution in [0.15, 0.2) is 12.7 Å². The molecule has 0 unspecified atom stereocenters. The van der Waals surface area contributed by atoms with E-state index in [2.05, 4.69) is 37.6 Å². The van der Waals surface area contributed by atoms with Gasteiger partial charge in [-0.3, -0.25) is 4.90 Å². The average molecular weight is 252 g/mol. The Labute approximate surface area is 114 Å². The summed E-state index contributed by atoms with van der Waals surface area (Å²) in [6.07, 6.45) is 10.2. The summed E-state index contributed by atoms with van der Waals surface area (Å²) in [5.41, 5.74) is 0.266. The Morgan fingerprint density at radius 1 is 1.17 bits per heavy atom. The molecule has 1 aliphatic carbocycles. The molecule has 0 aromatic rings. The van der Waals surface area contributed by atoms with Gasteiger partial charge in [-0.15, -0.1) is 6.58 Å². The van der Waals surface area contributed by atoms with Crippen molar-refractivity contribution in [2.45, 2.75) is 70.9 Å². The van der Waals surface area contributed by atoms with Crippen molar-refractivity contribution in [2.75, 3.05) is 19.6 Å². The quantitative estimate of drug-likeness (QED) is 0.472. The SMILES string of the molecule is C=CCN(CCCCCCNC1CC1)C(C)(C)C. The molecule has 0 spiro atoms. The molecule has 1 fully saturated rings. The van der Waals surface area contributed by atoms with Crippen molar-refractivity contribution in [2.24, 2.45) is 0 Å². The number of unbranched alkanes of at least 4 members (excludes halogenated alkanes) is 3. The lowest BCUT2D eigenvalue weighted by Crippen LogP contribution is -2.42. The minimum atomic E-state index is 0.266. The van der Waals surface area contributed by atoms with E-state index in [4.69, 9.17) is 0 Å². The van der Waals surface area contributed by atoms with E-state index in [1.165, 1.54) is 51.6 Å². The van der Waals surface area contributed by atoms with Crippen LogP contribution in [0.3, 0.4) is 0 Å². The van der Waals surface area contributed by atoms with Crippen molar-refractivity contribution in [1.82, 2.24) is 10.2 Å². The number of rotatable bonds is 10. The van der Waals surface area contributed by atoms with Crippen LogP contribution in [-0.2, 0) is 0 Å². The minimum Gasteiger partial charge on any atom is -0.314 e. The van der Waals surface area contributed by atoms with Crippen LogP contribution < -0.4 is 5.32 Å². The summed E-state index contributed by atoms with van der Waals surface area (Å²) in [5.74, 6) is 0. The first-order valence-electron chi connectivity index (χ1n) is 7.63. The van der Waals surface area contributed by atoms with E-state index in [-0.39, 0.29) is 5.54 Å². The standard InChI is InChI=1S/C16H32N2/c1-5-13-18(16(2,3)4)14-9-7-6-8-12-17-15-10-11-15/h5,15,17H,1,6-14H2,2-4H3. The second-order valence-corrected chi connectivity index (χ2v) is 6.55. The molecule has 106 valence electrons. The zero-order chi connectivity index (χ0) is 13.4. The second kappa shape index (κ2) is 7.96. The van der Waals surface area contributed by atoms with Crippen molar-refractivity contribution in [3.8, 4) is 0 Å². The fourth-order valence-electron chi connectivity index (χ4n) is 2.23. The van der Waals surface area contributed by atoms with Crippen molar-refractivity contribution >= 4 is 0 Å². The van der Waals surface area contributed by atoms with Gasteiger partial charge in [-0.1, -0.05) is 18.9 Å². The lowest BCUT2D eigenvalue weighted by atomic mass is 10.0. The van der Waals surface area contributed by atoms with Crippen LogP contribution in [0.25, 0.3) is 0 Å². The molecular formula is C16H32N2. The van der Waals surface area contributed by atoms with Crippen LogP contribution in [-0.4, -0.2) is 36.1 Å². The maximum Gasteiger partial charge on any atom is 0.0165 e. The molecule has 0 radical (unpaired) electrons. The molecule has 18 heavy (non-hydrogen) atoms. The monoisotopic (exact) mass is 252 g/mol. The normalized spacial score (nSPS) is 16.2. The first-order valence-corrected chi connectivity index (χ1v) is 7.63. The number of nitrogens with one attached hydrogen (secondary N) is 1. The smallest absolute Gasteiger partial charge is 0.0165 e. The van der Waals surface area contributed by atoms with Gasteiger partial charge in [0.1, 0.15) is 0 Å². The van der Waals surface area contributed by atoms with E-state index in [9.17, 15) is 0 Å². The molecule has 1 rings (SSSR count). The molecule has 2 heteroatoms. The van der Waals surface area contributed by atoms with Crippen LogP contribution in [0, 0.1) is 0 Å². The van der Waals surface area contributed by atoms with E-state index < -0.39 is 0 Å². The van der Waals surface area contributed by atoms with Crippen LogP contribution in [0.4, 0.5) is 0 Å². The molecule has 0 aliphatic heterocycles. The summed E-state index contributed by atoms with van der Waals surface area (Å²) in [6.45, 7) is 14.1. The largest absolute Gasteiger partial charge is 0.314 e. The highest BCUT2D eigenvalue weighted by Gasteiger charge is 2.20. The van der Waals surface area contributed by atoms with Crippen molar-refractivity contribution in [3.63, 3.8) is 0 Å². The maximum atomic E-state index is 3.86. The van der Waals surface area contributed by atoms with E-state index in [1.807, 2.05) is 6.08 Å². The molecule has 1 saturated carbocycles. The molecule has 0 amide bonds. The van der Waals surface area contributed by atoms with Crippen molar-refractivity contribution in [3.05, 3.63) is 12.7 Å². The fraction of sp³-hybridized carbons (Fsp3) is 0.875. The summed E-state index contributed by atoms with van der Waals surface area (Å²) in [5, 5.41) is 3.58. The van der Waals surface area contributed by atoms with E-state index in [1.54, 1.807) is 0 Å². The van der Waals surface area contributed by atoms with Crippen LogP contribution in [0.5, 0.6) is 0 Å². The van der Waals surface area contributed by atoms with Gasteiger partial charge in [-0.25, -0.2) is 0 Å². The van der Waals surface area contributed by atoms with Crippen LogP contribution in [0.1, 0.15) is 59.3 Å². The van der Waals surface area contributed by atoms with E-state index in [0.29, 0.717) is 0 Å². The van der Waals surface area contributed by atoms with Crippen molar-refractivity contribution < 1.29 is 0 Å². The van der Waals surface area contributed by atoms with E-state index >= 15 is 0 Å². The highest BCUT2D eigenvalue weighted by Crippen LogP contribution is 2.18. The van der Waals surface area contributed by atoms with Gasteiger partial charge < -0.3 is 5.32 Å². The van der Waals surface area contributed by atoms with Crippen LogP contribution in [0.2, 0.25) is 0 Å². The number of hydrogen-bond acceptors (Lipinski definition) is 2. The summed E-state index contributed by atoms with van der Waals surface area (Å²) < 4.78 is 0. The van der Waals surface area contributed by atoms with Crippen LogP contribution >= 0.6 is 0 Å². The predicted molar refractivity (Wildman–Crippen MR) is 81.0 cm³/mol. The maximum absolute atomic E-state index is 3.86. The first-order chi connectivity index (χ1) is 8.54. The highest BCUT2D eigenvalue weighted by atomic mass is 15.2. The third-order valence-corrected chi connectivity index (χ3v) is 3.66. The average Bonchev–Trinajstić information content (AvgIpc) is 3.08. The number of hydrogen-bond donors (Lipinski definition) is 1. The molecule has 0 bridgehead atoms. The number of nitrogens with zero attached hydrogens (tertiary/aromatic N) is 1. The molecule has 0 aromatic heterocycles. The lowest BCUT2D eigenvalue weighted by molar-refractivity contribution is 0.151. The topological polar surface area (TPSA) is 15.3 Å². The molecule has 1 N–H and O–H groups in total. The molecule has 2 nitrogen and oxygen atoms in total. The Morgan fingerprint density at radius 2 is 1.83 bits per heavy atom. The molecule has 0 aromatic carbocycles. The third-order valence-electron chi connectivity index (χ3n) is 3.66. The summed E-state index contributed by atoms with van der Waals surface area (Å²) >= 11 is 0. The predicted octanol–water partition coefficient (Wildman–Crippen LogP) is 3.59. The Kier molecular flexibility index (Phi) is 6.95. The Balaban J connectivity index is 1.97. The molecule has 0 saturated heterocycles. The summed E-state index contributed by atoms with van der Waals surface area (Å²) in [4.78, 5) is 2.52. The highest BCUT2D eigenvalue weighted by molar-refractivity contribution is 4.83. The Bertz CT molecular complexity index is 226. The molecular weight excluding hydrogens is 220 g/mol. The minimum absolute atomic E-state index is 0.266. The summed E-state index contributed by atoms with van der Waals surface area (Å²) in [7, 11) is 0. The van der Waals surface area contributed by atoms with Gasteiger partial charge in [-0.2, -0.15) is 0 Å². The van der Waals surface area contributed by atoms with Gasteiger partial charge in [0.25, 0.3) is 0 Å². The molecule has 0 heterocycles. The summed E-state index contributed by atoms with van der Waals surface area (Å²) in [6, 6.07) is 0.869. The van der Waals surface area contributed by atoms with Gasteiger partial charge in [0.2, 0.25) is 0 Å². The van der Waals surface area contributed by atoms with Gasteiger partial charge in [0, 0.05) is 18.1 Å². The van der Waals surface area contributed by atoms with Gasteiger partial charge in [0.15, 0.2) is 0 Å². The second-order valence-electron chi connectivity index (χ2n) is 6.55. The van der Waals surface area contributed by atoms with E-state index in [0.717, 1.165) is 12.6 Å².